The molecule has 1 saturated heterocycles. The molecular formula is C14H22N2O3S. The van der Waals surface area contributed by atoms with Crippen LogP contribution in [0.2, 0.25) is 0 Å². The number of aliphatic hydroxyl groups is 1. The van der Waals surface area contributed by atoms with Crippen molar-refractivity contribution in [3.63, 3.8) is 0 Å². The number of rotatable bonds is 5. The summed E-state index contributed by atoms with van der Waals surface area (Å²) < 4.78 is 28.6. The normalized spacial score (nSPS) is 18.1. The Morgan fingerprint density at radius 2 is 1.85 bits per heavy atom. The molecule has 2 rings (SSSR count). The van der Waals surface area contributed by atoms with Crippen LogP contribution in [0.3, 0.4) is 0 Å². The molecule has 0 aliphatic carbocycles. The van der Waals surface area contributed by atoms with Gasteiger partial charge in [0.25, 0.3) is 0 Å². The Balaban J connectivity index is 2.00. The van der Waals surface area contributed by atoms with Gasteiger partial charge in [-0.05, 0) is 42.9 Å². The molecule has 112 valence electrons. The van der Waals surface area contributed by atoms with Crippen molar-refractivity contribution in [1.82, 2.24) is 4.31 Å². The maximum atomic E-state index is 12.3. The molecule has 0 amide bonds. The molecule has 1 aromatic carbocycles. The van der Waals surface area contributed by atoms with E-state index in [0.717, 1.165) is 6.42 Å². The van der Waals surface area contributed by atoms with Crippen LogP contribution in [0.4, 0.5) is 5.69 Å². The smallest absolute Gasteiger partial charge is 0.301 e. The molecule has 0 unspecified atom stereocenters. The fourth-order valence-electron chi connectivity index (χ4n) is 2.35. The van der Waals surface area contributed by atoms with Crippen LogP contribution >= 0.6 is 0 Å². The van der Waals surface area contributed by atoms with Gasteiger partial charge in [-0.15, -0.1) is 0 Å². The lowest BCUT2D eigenvalue weighted by molar-refractivity contribution is 0.170. The molecule has 0 aromatic heterocycles. The Morgan fingerprint density at radius 3 is 2.35 bits per heavy atom. The number of aliphatic hydroxyl groups excluding tert-OH is 1. The third kappa shape index (κ3) is 3.71. The van der Waals surface area contributed by atoms with Gasteiger partial charge in [0, 0.05) is 25.4 Å². The Kier molecular flexibility index (Phi) is 5.01. The summed E-state index contributed by atoms with van der Waals surface area (Å²) in [5.74, 6) is 0.227. The van der Waals surface area contributed by atoms with Crippen LogP contribution in [0.15, 0.2) is 24.3 Å². The van der Waals surface area contributed by atoms with Gasteiger partial charge in [-0.3, -0.25) is 4.72 Å². The fraction of sp³-hybridized carbons (Fsp3) is 0.571. The van der Waals surface area contributed by atoms with Crippen LogP contribution in [0.1, 0.15) is 25.3 Å². The quantitative estimate of drug-likeness (QED) is 0.867. The van der Waals surface area contributed by atoms with Gasteiger partial charge in [-0.1, -0.05) is 19.1 Å². The van der Waals surface area contributed by atoms with E-state index in [1.165, 1.54) is 9.87 Å². The summed E-state index contributed by atoms with van der Waals surface area (Å²) in [4.78, 5) is 0. The summed E-state index contributed by atoms with van der Waals surface area (Å²) in [6.45, 7) is 3.13. The maximum Gasteiger partial charge on any atom is 0.301 e. The second-order valence-electron chi connectivity index (χ2n) is 5.18. The first-order valence-electron chi connectivity index (χ1n) is 7.03. The highest BCUT2D eigenvalue weighted by atomic mass is 32.2. The summed E-state index contributed by atoms with van der Waals surface area (Å²) in [7, 11) is -3.49. The number of piperidine rings is 1. The molecule has 0 spiro atoms. The number of nitrogens with zero attached hydrogens (tertiary/aromatic N) is 1. The predicted molar refractivity (Wildman–Crippen MR) is 79.7 cm³/mol. The Bertz CT molecular complexity index is 520. The van der Waals surface area contributed by atoms with Crippen molar-refractivity contribution >= 4 is 15.9 Å². The van der Waals surface area contributed by atoms with Crippen molar-refractivity contribution in [3.05, 3.63) is 29.8 Å². The van der Waals surface area contributed by atoms with Crippen LogP contribution < -0.4 is 4.72 Å². The number of hydrogen-bond donors (Lipinski definition) is 2. The average molecular weight is 298 g/mol. The Hall–Kier alpha value is -1.11. The van der Waals surface area contributed by atoms with Gasteiger partial charge in [0.05, 0.1) is 0 Å². The van der Waals surface area contributed by atoms with Crippen molar-refractivity contribution < 1.29 is 13.5 Å². The highest BCUT2D eigenvalue weighted by Gasteiger charge is 2.27. The topological polar surface area (TPSA) is 69.6 Å². The van der Waals surface area contributed by atoms with Crippen LogP contribution in [0, 0.1) is 5.92 Å². The van der Waals surface area contributed by atoms with E-state index in [2.05, 4.69) is 11.6 Å². The molecule has 1 fully saturated rings. The fourth-order valence-corrected chi connectivity index (χ4v) is 3.61. The van der Waals surface area contributed by atoms with Crippen molar-refractivity contribution in [3.8, 4) is 0 Å². The van der Waals surface area contributed by atoms with E-state index in [9.17, 15) is 8.42 Å². The minimum absolute atomic E-state index is 0.139. The Labute approximate surface area is 120 Å². The lowest BCUT2D eigenvalue weighted by Crippen LogP contribution is -2.42. The molecule has 0 atom stereocenters. The number of benzene rings is 1. The van der Waals surface area contributed by atoms with Gasteiger partial charge in [-0.2, -0.15) is 12.7 Å². The molecule has 0 radical (unpaired) electrons. The molecule has 5 nitrogen and oxygen atoms in total. The first-order chi connectivity index (χ1) is 9.55. The zero-order valence-electron chi connectivity index (χ0n) is 11.7. The molecule has 6 heteroatoms. The number of aryl methyl sites for hydroxylation is 1. The van der Waals surface area contributed by atoms with Crippen molar-refractivity contribution in [1.29, 1.82) is 0 Å². The zero-order valence-corrected chi connectivity index (χ0v) is 12.6. The van der Waals surface area contributed by atoms with E-state index in [4.69, 9.17) is 5.11 Å². The molecule has 20 heavy (non-hydrogen) atoms. The lowest BCUT2D eigenvalue weighted by Gasteiger charge is -2.30. The molecule has 1 heterocycles. The van der Waals surface area contributed by atoms with Gasteiger partial charge in [0.1, 0.15) is 0 Å². The molecular weight excluding hydrogens is 276 g/mol. The minimum Gasteiger partial charge on any atom is -0.396 e. The van der Waals surface area contributed by atoms with Crippen LogP contribution in [0.5, 0.6) is 0 Å². The molecule has 2 N–H and O–H groups in total. The molecule has 1 aromatic rings. The molecule has 0 saturated carbocycles. The SMILES string of the molecule is CCc1ccc(NS(=O)(=O)N2CCC(CO)CC2)cc1. The zero-order chi connectivity index (χ0) is 14.6. The van der Waals surface area contributed by atoms with Gasteiger partial charge >= 0.3 is 10.2 Å². The predicted octanol–water partition coefficient (Wildman–Crippen LogP) is 1.61. The summed E-state index contributed by atoms with van der Waals surface area (Å²) >= 11 is 0. The molecule has 1 aliphatic heterocycles. The summed E-state index contributed by atoms with van der Waals surface area (Å²) in [6, 6.07) is 7.43. The highest BCUT2D eigenvalue weighted by Crippen LogP contribution is 2.20. The van der Waals surface area contributed by atoms with E-state index >= 15 is 0 Å². The second-order valence-corrected chi connectivity index (χ2v) is 6.85. The van der Waals surface area contributed by atoms with Gasteiger partial charge in [0.2, 0.25) is 0 Å². The van der Waals surface area contributed by atoms with Crippen molar-refractivity contribution in [2.45, 2.75) is 26.2 Å². The number of nitrogens with one attached hydrogen (secondary N) is 1. The van der Waals surface area contributed by atoms with E-state index in [1.54, 1.807) is 12.1 Å². The van der Waals surface area contributed by atoms with Crippen molar-refractivity contribution in [2.75, 3.05) is 24.4 Å². The minimum atomic E-state index is -3.49. The summed E-state index contributed by atoms with van der Waals surface area (Å²) in [5.41, 5.74) is 1.77. The summed E-state index contributed by atoms with van der Waals surface area (Å²) in [5, 5.41) is 9.08. The first kappa shape index (κ1) is 15.3. The third-order valence-electron chi connectivity index (χ3n) is 3.78. The number of hydrogen-bond acceptors (Lipinski definition) is 3. The van der Waals surface area contributed by atoms with Crippen molar-refractivity contribution in [2.24, 2.45) is 5.92 Å². The average Bonchev–Trinajstić information content (AvgIpc) is 2.48. The standard InChI is InChI=1S/C14H22N2O3S/c1-2-12-3-5-14(6-4-12)15-20(18,19)16-9-7-13(11-17)8-10-16/h3-6,13,15,17H,2,7-11H2,1H3. The second kappa shape index (κ2) is 6.56. The van der Waals surface area contributed by atoms with Crippen LogP contribution in [-0.2, 0) is 16.6 Å². The van der Waals surface area contributed by atoms with Gasteiger partial charge in [-0.25, -0.2) is 0 Å². The highest BCUT2D eigenvalue weighted by molar-refractivity contribution is 7.90. The Morgan fingerprint density at radius 1 is 1.25 bits per heavy atom. The maximum absolute atomic E-state index is 12.3. The van der Waals surface area contributed by atoms with E-state index in [-0.39, 0.29) is 12.5 Å². The van der Waals surface area contributed by atoms with Gasteiger partial charge in [0.15, 0.2) is 0 Å². The molecule has 0 bridgehead atoms. The lowest BCUT2D eigenvalue weighted by atomic mass is 10.00. The van der Waals surface area contributed by atoms with E-state index in [0.29, 0.717) is 31.6 Å². The largest absolute Gasteiger partial charge is 0.396 e. The third-order valence-corrected chi connectivity index (χ3v) is 5.32. The molecule has 1 aliphatic rings. The summed E-state index contributed by atoms with van der Waals surface area (Å²) in [6.07, 6.45) is 2.36. The first-order valence-corrected chi connectivity index (χ1v) is 8.47. The van der Waals surface area contributed by atoms with E-state index in [1.807, 2.05) is 12.1 Å². The van der Waals surface area contributed by atoms with E-state index < -0.39 is 10.2 Å². The van der Waals surface area contributed by atoms with Crippen LogP contribution in [0.25, 0.3) is 0 Å². The van der Waals surface area contributed by atoms with Gasteiger partial charge < -0.3 is 5.11 Å². The monoisotopic (exact) mass is 298 g/mol. The number of anilines is 1. The van der Waals surface area contributed by atoms with Crippen LogP contribution in [-0.4, -0.2) is 37.5 Å².